The van der Waals surface area contributed by atoms with Gasteiger partial charge in [0.25, 0.3) is 5.56 Å². The van der Waals surface area contributed by atoms with E-state index in [9.17, 15) is 4.79 Å². The minimum absolute atomic E-state index is 0.131. The summed E-state index contributed by atoms with van der Waals surface area (Å²) in [5.41, 5.74) is 8.05. The molecule has 2 aromatic rings. The highest BCUT2D eigenvalue weighted by Crippen LogP contribution is 2.22. The second kappa shape index (κ2) is 6.31. The minimum atomic E-state index is -0.131. The van der Waals surface area contributed by atoms with Crippen LogP contribution in [0.3, 0.4) is 0 Å². The van der Waals surface area contributed by atoms with E-state index in [1.165, 1.54) is 0 Å². The normalized spacial score (nSPS) is 10.9. The van der Waals surface area contributed by atoms with Crippen LogP contribution < -0.4 is 11.3 Å². The van der Waals surface area contributed by atoms with E-state index in [1.807, 2.05) is 28.9 Å². The first-order valence-electron chi connectivity index (χ1n) is 6.96. The van der Waals surface area contributed by atoms with Crippen LogP contribution in [-0.2, 0) is 13.0 Å². The summed E-state index contributed by atoms with van der Waals surface area (Å²) in [6.07, 6.45) is 2.74. The van der Waals surface area contributed by atoms with E-state index < -0.39 is 0 Å². The summed E-state index contributed by atoms with van der Waals surface area (Å²) in [5, 5.41) is 0. The molecule has 0 atom stereocenters. The van der Waals surface area contributed by atoms with Crippen LogP contribution in [0.5, 0.6) is 0 Å². The van der Waals surface area contributed by atoms with E-state index in [4.69, 9.17) is 5.73 Å². The summed E-state index contributed by atoms with van der Waals surface area (Å²) in [6.45, 7) is 4.97. The summed E-state index contributed by atoms with van der Waals surface area (Å²) in [6, 6.07) is 7.71. The van der Waals surface area contributed by atoms with Crippen LogP contribution in [0.1, 0.15) is 32.4 Å². The molecule has 4 nitrogen and oxygen atoms in total. The summed E-state index contributed by atoms with van der Waals surface area (Å²) in [7, 11) is 0. The molecule has 1 heterocycles. The van der Waals surface area contributed by atoms with Gasteiger partial charge in [-0.15, -0.1) is 0 Å². The molecular weight excluding hydrogens is 318 g/mol. The van der Waals surface area contributed by atoms with Crippen molar-refractivity contribution in [1.29, 1.82) is 0 Å². The van der Waals surface area contributed by atoms with Crippen LogP contribution in [0.25, 0.3) is 5.69 Å². The standard InChI is InChI=1S/C15H20BrN3O/c1-3-7-13-14(17)15(20)19(18(13)10-4-2)12-9-6-5-8-11(12)16/h5-6,8-9H,3-4,7,10,17H2,1-2H3. The molecule has 20 heavy (non-hydrogen) atoms. The van der Waals surface area contributed by atoms with Crippen molar-refractivity contribution in [3.8, 4) is 5.69 Å². The number of hydrogen-bond acceptors (Lipinski definition) is 2. The number of hydrogen-bond donors (Lipinski definition) is 1. The van der Waals surface area contributed by atoms with Gasteiger partial charge in [0.15, 0.2) is 0 Å². The van der Waals surface area contributed by atoms with Crippen LogP contribution in [0.4, 0.5) is 5.69 Å². The van der Waals surface area contributed by atoms with E-state index in [0.29, 0.717) is 5.69 Å². The van der Waals surface area contributed by atoms with Crippen molar-refractivity contribution in [3.63, 3.8) is 0 Å². The molecule has 0 unspecified atom stereocenters. The maximum Gasteiger partial charge on any atom is 0.294 e. The van der Waals surface area contributed by atoms with Gasteiger partial charge in [-0.3, -0.25) is 9.48 Å². The number of anilines is 1. The largest absolute Gasteiger partial charge is 0.393 e. The maximum atomic E-state index is 12.5. The molecule has 5 heteroatoms. The first kappa shape index (κ1) is 14.9. The number of nitrogen functional groups attached to an aromatic ring is 1. The van der Waals surface area contributed by atoms with Crippen LogP contribution in [-0.4, -0.2) is 9.36 Å². The van der Waals surface area contributed by atoms with Crippen molar-refractivity contribution in [2.45, 2.75) is 39.7 Å². The summed E-state index contributed by atoms with van der Waals surface area (Å²) in [4.78, 5) is 12.5. The Kier molecular flexibility index (Phi) is 4.70. The zero-order chi connectivity index (χ0) is 14.7. The van der Waals surface area contributed by atoms with Crippen LogP contribution in [0.2, 0.25) is 0 Å². The fraction of sp³-hybridized carbons (Fsp3) is 0.400. The average Bonchev–Trinajstić information content (AvgIpc) is 2.66. The Bertz CT molecular complexity index is 658. The quantitative estimate of drug-likeness (QED) is 0.909. The highest BCUT2D eigenvalue weighted by Gasteiger charge is 2.18. The molecule has 2 rings (SSSR count). The predicted octanol–water partition coefficient (Wildman–Crippen LogP) is 3.35. The molecule has 0 amide bonds. The first-order valence-corrected chi connectivity index (χ1v) is 7.76. The lowest BCUT2D eigenvalue weighted by Gasteiger charge is -2.15. The van der Waals surface area contributed by atoms with Crippen molar-refractivity contribution >= 4 is 21.6 Å². The fourth-order valence-electron chi connectivity index (χ4n) is 2.42. The zero-order valence-corrected chi connectivity index (χ0v) is 13.5. The van der Waals surface area contributed by atoms with Gasteiger partial charge in [-0.2, -0.15) is 0 Å². The molecule has 0 bridgehead atoms. The average molecular weight is 338 g/mol. The van der Waals surface area contributed by atoms with Crippen molar-refractivity contribution in [2.24, 2.45) is 0 Å². The Morgan fingerprint density at radius 3 is 2.50 bits per heavy atom. The van der Waals surface area contributed by atoms with E-state index in [-0.39, 0.29) is 5.56 Å². The van der Waals surface area contributed by atoms with Gasteiger partial charge in [-0.25, -0.2) is 4.68 Å². The minimum Gasteiger partial charge on any atom is -0.393 e. The summed E-state index contributed by atoms with van der Waals surface area (Å²) >= 11 is 3.51. The molecule has 0 fully saturated rings. The molecule has 0 radical (unpaired) electrons. The zero-order valence-electron chi connectivity index (χ0n) is 11.9. The van der Waals surface area contributed by atoms with Crippen molar-refractivity contribution < 1.29 is 0 Å². The van der Waals surface area contributed by atoms with Crippen LogP contribution in [0.15, 0.2) is 33.5 Å². The van der Waals surface area contributed by atoms with Crippen LogP contribution in [0, 0.1) is 0 Å². The lowest BCUT2D eigenvalue weighted by Crippen LogP contribution is -2.23. The van der Waals surface area contributed by atoms with Gasteiger partial charge in [0, 0.05) is 11.0 Å². The van der Waals surface area contributed by atoms with Crippen molar-refractivity contribution in [1.82, 2.24) is 9.36 Å². The lowest BCUT2D eigenvalue weighted by atomic mass is 10.2. The van der Waals surface area contributed by atoms with Crippen molar-refractivity contribution in [3.05, 3.63) is 44.8 Å². The first-order chi connectivity index (χ1) is 9.61. The van der Waals surface area contributed by atoms with Gasteiger partial charge in [0.2, 0.25) is 0 Å². The molecule has 1 aromatic heterocycles. The highest BCUT2D eigenvalue weighted by molar-refractivity contribution is 9.10. The third-order valence-electron chi connectivity index (χ3n) is 3.29. The van der Waals surface area contributed by atoms with Gasteiger partial charge in [0.1, 0.15) is 5.69 Å². The Balaban J connectivity index is 2.72. The molecule has 0 saturated carbocycles. The molecule has 1 aromatic carbocycles. The molecule has 0 saturated heterocycles. The molecule has 108 valence electrons. The number of para-hydroxylation sites is 1. The number of halogens is 1. The predicted molar refractivity (Wildman–Crippen MR) is 86.4 cm³/mol. The Labute approximate surface area is 127 Å². The fourth-order valence-corrected chi connectivity index (χ4v) is 2.87. The lowest BCUT2D eigenvalue weighted by molar-refractivity contribution is 0.511. The second-order valence-corrected chi connectivity index (χ2v) is 5.66. The molecular formula is C15H20BrN3O. The van der Waals surface area contributed by atoms with E-state index in [2.05, 4.69) is 29.8 Å². The van der Waals surface area contributed by atoms with Gasteiger partial charge >= 0.3 is 0 Å². The number of nitrogens with zero attached hydrogens (tertiary/aromatic N) is 2. The number of aromatic nitrogens is 2. The van der Waals surface area contributed by atoms with Crippen molar-refractivity contribution in [2.75, 3.05) is 5.73 Å². The number of benzene rings is 1. The van der Waals surface area contributed by atoms with Crippen LogP contribution >= 0.6 is 15.9 Å². The third kappa shape index (κ3) is 2.54. The van der Waals surface area contributed by atoms with Gasteiger partial charge in [-0.05, 0) is 40.9 Å². The van der Waals surface area contributed by atoms with Gasteiger partial charge in [0.05, 0.1) is 11.4 Å². The number of nitrogens with two attached hydrogens (primary N) is 1. The van der Waals surface area contributed by atoms with E-state index in [0.717, 1.165) is 41.7 Å². The SMILES string of the molecule is CCCc1c(N)c(=O)n(-c2ccccc2Br)n1CCC. The van der Waals surface area contributed by atoms with Gasteiger partial charge in [-0.1, -0.05) is 32.4 Å². The summed E-state index contributed by atoms with van der Waals surface area (Å²) in [5.74, 6) is 0. The monoisotopic (exact) mass is 337 g/mol. The molecule has 2 N–H and O–H groups in total. The third-order valence-corrected chi connectivity index (χ3v) is 3.96. The maximum absolute atomic E-state index is 12.5. The Hall–Kier alpha value is -1.49. The molecule has 0 aliphatic rings. The second-order valence-electron chi connectivity index (χ2n) is 4.80. The highest BCUT2D eigenvalue weighted by atomic mass is 79.9. The molecule has 0 spiro atoms. The molecule has 0 aliphatic carbocycles. The summed E-state index contributed by atoms with van der Waals surface area (Å²) < 4.78 is 4.59. The smallest absolute Gasteiger partial charge is 0.294 e. The van der Waals surface area contributed by atoms with Gasteiger partial charge < -0.3 is 5.73 Å². The Morgan fingerprint density at radius 2 is 1.90 bits per heavy atom. The number of rotatable bonds is 5. The Morgan fingerprint density at radius 1 is 1.20 bits per heavy atom. The topological polar surface area (TPSA) is 53.0 Å². The van der Waals surface area contributed by atoms with E-state index >= 15 is 0 Å². The molecule has 0 aliphatic heterocycles. The van der Waals surface area contributed by atoms with E-state index in [1.54, 1.807) is 4.68 Å².